The van der Waals surface area contributed by atoms with Gasteiger partial charge in [-0.05, 0) is 116 Å². The third kappa shape index (κ3) is 8.26. The second-order valence-corrected chi connectivity index (χ2v) is 16.9. The summed E-state index contributed by atoms with van der Waals surface area (Å²) >= 11 is 2.70. The molecule has 0 amide bonds. The molecule has 0 saturated heterocycles. The van der Waals surface area contributed by atoms with E-state index in [1.165, 1.54) is 47.8 Å². The molecule has 4 aromatic carbocycles. The second-order valence-electron chi connectivity index (χ2n) is 14.1. The number of aliphatic carboxylic acids is 1. The van der Waals surface area contributed by atoms with Crippen LogP contribution in [0.3, 0.4) is 0 Å². The zero-order valence-electron chi connectivity index (χ0n) is 31.0. The summed E-state index contributed by atoms with van der Waals surface area (Å²) in [4.78, 5) is 34.4. The minimum atomic E-state index is -4.46. The number of esters is 1. The Kier molecular flexibility index (Phi) is 11.5. The maximum Gasteiger partial charge on any atom is 0.417 e. The molecule has 2 aliphatic rings. The van der Waals surface area contributed by atoms with Gasteiger partial charge in [-0.3, -0.25) is 19.6 Å². The van der Waals surface area contributed by atoms with Crippen LogP contribution >= 0.6 is 23.5 Å². The number of carboxylic acids is 1. The van der Waals surface area contributed by atoms with Crippen molar-refractivity contribution in [1.82, 2.24) is 9.97 Å². The summed E-state index contributed by atoms with van der Waals surface area (Å²) in [5, 5.41) is 11.0. The van der Waals surface area contributed by atoms with Crippen LogP contribution in [0.5, 0.6) is 0 Å². The number of carbonyl (C=O) groups is 2. The molecule has 14 heteroatoms. The number of hydrogen-bond acceptors (Lipinski definition) is 7. The van der Waals surface area contributed by atoms with Crippen LogP contribution in [0.15, 0.2) is 119 Å². The van der Waals surface area contributed by atoms with Crippen molar-refractivity contribution in [3.63, 3.8) is 0 Å². The number of fused-ring (bicyclic) bond motifs is 2. The zero-order chi connectivity index (χ0) is 41.3. The highest BCUT2D eigenvalue weighted by molar-refractivity contribution is 8.02. The first kappa shape index (κ1) is 41.1. The Bertz CT molecular complexity index is 2500. The average molecular weight is 835 g/mol. The van der Waals surface area contributed by atoms with E-state index in [1.54, 1.807) is 73.9 Å². The summed E-state index contributed by atoms with van der Waals surface area (Å²) in [6.45, 7) is 2.09. The first-order chi connectivity index (χ1) is 27.6. The normalized spacial score (nSPS) is 15.8. The number of carbonyl (C=O) groups excluding carboxylic acids is 1. The number of carboxylic acid groups (broad SMARTS) is 1. The molecule has 0 aliphatic heterocycles. The van der Waals surface area contributed by atoms with Gasteiger partial charge in [-0.2, -0.15) is 26.3 Å². The number of pyridine rings is 2. The van der Waals surface area contributed by atoms with Crippen LogP contribution in [-0.2, 0) is 26.7 Å². The van der Waals surface area contributed by atoms with E-state index in [-0.39, 0.29) is 17.1 Å². The Balaban J connectivity index is 0.000000177. The molecule has 2 aromatic heterocycles. The van der Waals surface area contributed by atoms with E-state index < -0.39 is 38.9 Å². The maximum absolute atomic E-state index is 13.5. The Morgan fingerprint density at radius 2 is 1.09 bits per heavy atom. The van der Waals surface area contributed by atoms with E-state index in [0.29, 0.717) is 47.0 Å². The zero-order valence-corrected chi connectivity index (χ0v) is 32.6. The molecule has 6 nitrogen and oxygen atoms in total. The van der Waals surface area contributed by atoms with Crippen LogP contribution in [0.4, 0.5) is 26.3 Å². The molecular weight excluding hydrogens is 799 g/mol. The van der Waals surface area contributed by atoms with Crippen molar-refractivity contribution >= 4 is 57.3 Å². The number of alkyl halides is 6. The molecule has 2 fully saturated rings. The van der Waals surface area contributed by atoms with Crippen molar-refractivity contribution in [3.8, 4) is 22.3 Å². The third-order valence-electron chi connectivity index (χ3n) is 10.5. The first-order valence-corrected chi connectivity index (χ1v) is 20.2. The van der Waals surface area contributed by atoms with E-state index in [4.69, 9.17) is 4.74 Å². The first-order valence-electron chi connectivity index (χ1n) is 18.5. The van der Waals surface area contributed by atoms with Gasteiger partial charge in [0.15, 0.2) is 0 Å². The number of rotatable bonds is 9. The van der Waals surface area contributed by atoms with E-state index in [0.717, 1.165) is 53.0 Å². The van der Waals surface area contributed by atoms with Gasteiger partial charge in [-0.25, -0.2) is 0 Å². The summed E-state index contributed by atoms with van der Waals surface area (Å²) in [6, 6.07) is 24.6. The Morgan fingerprint density at radius 3 is 1.47 bits per heavy atom. The van der Waals surface area contributed by atoms with Crippen LogP contribution in [-0.4, -0.2) is 43.1 Å². The fourth-order valence-electron chi connectivity index (χ4n) is 7.11. The van der Waals surface area contributed by atoms with Crippen molar-refractivity contribution in [3.05, 3.63) is 121 Å². The number of nitrogens with zero attached hydrogens (tertiary/aromatic N) is 2. The highest BCUT2D eigenvalue weighted by atomic mass is 32.2. The summed E-state index contributed by atoms with van der Waals surface area (Å²) in [6.07, 6.45) is -1.26. The molecule has 2 saturated carbocycles. The van der Waals surface area contributed by atoms with Crippen LogP contribution in [0.1, 0.15) is 56.6 Å². The van der Waals surface area contributed by atoms with Gasteiger partial charge in [0.2, 0.25) is 0 Å². The van der Waals surface area contributed by atoms with Crippen molar-refractivity contribution in [2.45, 2.75) is 77.1 Å². The molecule has 0 atom stereocenters. The topological polar surface area (TPSA) is 89.4 Å². The Labute approximate surface area is 338 Å². The Hall–Kier alpha value is -5.08. The Morgan fingerprint density at radius 1 is 0.655 bits per heavy atom. The SMILES string of the molecule is CCOC(=O)C1(Sc2ccnc3ccc(-c4ccccc4C(F)(F)F)cc23)CCC1.O=C(O)C1(Sc2ccnc3ccc(-c4ccccc4C(F)(F)F)cc23)CCC1. The van der Waals surface area contributed by atoms with Gasteiger partial charge in [-0.1, -0.05) is 48.5 Å². The standard InChI is InChI=1S/C23H20F3NO2S.C21H16F3NO2S/c1-2-29-21(28)22(11-5-12-22)30-20-10-13-27-19-9-8-15(14-17(19)20)16-6-3-4-7-18(16)23(24,25)26;22-21(23,24)16-5-2-1-4-14(16)13-6-7-17-15(12-13)18(8-11-25-17)28-20(19(26)27)9-3-10-20/h3-4,6-10,13-14H,2,5,11-12H2,1H3;1-2,4-8,11-12H,3,9-10H2,(H,26,27). The lowest BCUT2D eigenvalue weighted by Crippen LogP contribution is -2.43. The van der Waals surface area contributed by atoms with Gasteiger partial charge >= 0.3 is 24.3 Å². The van der Waals surface area contributed by atoms with Gasteiger partial charge in [0, 0.05) is 33.0 Å². The predicted molar refractivity (Wildman–Crippen MR) is 214 cm³/mol. The largest absolute Gasteiger partial charge is 0.480 e. The summed E-state index contributed by atoms with van der Waals surface area (Å²) in [5.74, 6) is -1.09. The van der Waals surface area contributed by atoms with Crippen molar-refractivity contribution in [1.29, 1.82) is 0 Å². The van der Waals surface area contributed by atoms with Crippen molar-refractivity contribution < 1.29 is 45.8 Å². The molecule has 1 N–H and O–H groups in total. The van der Waals surface area contributed by atoms with Crippen LogP contribution in [0.25, 0.3) is 44.1 Å². The lowest BCUT2D eigenvalue weighted by molar-refractivity contribution is -0.148. The van der Waals surface area contributed by atoms with E-state index in [9.17, 15) is 41.0 Å². The van der Waals surface area contributed by atoms with E-state index in [2.05, 4.69) is 9.97 Å². The molecule has 58 heavy (non-hydrogen) atoms. The lowest BCUT2D eigenvalue weighted by Gasteiger charge is -2.38. The van der Waals surface area contributed by atoms with Gasteiger partial charge in [-0.15, -0.1) is 23.5 Å². The highest BCUT2D eigenvalue weighted by Gasteiger charge is 2.47. The lowest BCUT2D eigenvalue weighted by atomic mass is 9.84. The van der Waals surface area contributed by atoms with Gasteiger partial charge in [0.25, 0.3) is 0 Å². The molecule has 8 rings (SSSR count). The minimum absolute atomic E-state index is 0.0910. The molecule has 2 aliphatic carbocycles. The molecule has 0 radical (unpaired) electrons. The summed E-state index contributed by atoms with van der Waals surface area (Å²) in [7, 11) is 0. The van der Waals surface area contributed by atoms with Crippen molar-refractivity contribution in [2.24, 2.45) is 0 Å². The number of thioether (sulfide) groups is 2. The van der Waals surface area contributed by atoms with E-state index in [1.807, 2.05) is 6.07 Å². The van der Waals surface area contributed by atoms with Crippen LogP contribution < -0.4 is 0 Å². The fourth-order valence-corrected chi connectivity index (χ4v) is 9.97. The molecule has 0 bridgehead atoms. The number of hydrogen-bond donors (Lipinski definition) is 1. The van der Waals surface area contributed by atoms with E-state index >= 15 is 0 Å². The van der Waals surface area contributed by atoms with Gasteiger partial charge < -0.3 is 9.84 Å². The van der Waals surface area contributed by atoms with Crippen LogP contribution in [0.2, 0.25) is 0 Å². The van der Waals surface area contributed by atoms with Crippen molar-refractivity contribution in [2.75, 3.05) is 6.61 Å². The number of halogens is 6. The molecule has 0 unspecified atom stereocenters. The number of ether oxygens (including phenoxy) is 1. The van der Waals surface area contributed by atoms with Crippen LogP contribution in [0, 0.1) is 0 Å². The highest BCUT2D eigenvalue weighted by Crippen LogP contribution is 2.51. The molecule has 2 heterocycles. The maximum atomic E-state index is 13.5. The molecule has 300 valence electrons. The molecule has 0 spiro atoms. The smallest absolute Gasteiger partial charge is 0.417 e. The summed E-state index contributed by atoms with van der Waals surface area (Å²) < 4.78 is 84.5. The summed E-state index contributed by atoms with van der Waals surface area (Å²) in [5.41, 5.74) is 1.02. The third-order valence-corrected chi connectivity index (χ3v) is 13.6. The number of aromatic nitrogens is 2. The monoisotopic (exact) mass is 834 g/mol. The number of benzene rings is 4. The quantitative estimate of drug-likeness (QED) is 0.114. The fraction of sp³-hybridized carbons (Fsp3) is 0.273. The molecule has 6 aromatic rings. The van der Waals surface area contributed by atoms with Gasteiger partial charge in [0.05, 0.1) is 28.8 Å². The minimum Gasteiger partial charge on any atom is -0.480 e. The molecular formula is C44H36F6N2O4S2. The second kappa shape index (κ2) is 16.3. The van der Waals surface area contributed by atoms with Gasteiger partial charge in [0.1, 0.15) is 9.49 Å². The average Bonchev–Trinajstić information content (AvgIpc) is 3.17. The predicted octanol–water partition coefficient (Wildman–Crippen LogP) is 12.5.